The van der Waals surface area contributed by atoms with E-state index in [1.165, 1.54) is 89.9 Å². The summed E-state index contributed by atoms with van der Waals surface area (Å²) in [5, 5.41) is 0. The van der Waals surface area contributed by atoms with Crippen molar-refractivity contribution in [2.24, 2.45) is 52.3 Å². The minimum atomic E-state index is 0.0754. The van der Waals surface area contributed by atoms with Crippen molar-refractivity contribution < 1.29 is 9.53 Å². The monoisotopic (exact) mass is 524 g/mol. The van der Waals surface area contributed by atoms with Crippen LogP contribution in [-0.4, -0.2) is 12.1 Å². The number of ether oxygens (including phenoxy) is 1. The van der Waals surface area contributed by atoms with E-state index in [0.29, 0.717) is 17.3 Å². The minimum absolute atomic E-state index is 0.0754. The van der Waals surface area contributed by atoms with Gasteiger partial charge in [0.15, 0.2) is 0 Å². The number of hydrogen-bond acceptors (Lipinski definition) is 2. The number of carbonyl (C=O) groups excluding carboxylic acids is 1. The van der Waals surface area contributed by atoms with Crippen LogP contribution in [0.1, 0.15) is 150 Å². The molecule has 5 rings (SSSR count). The summed E-state index contributed by atoms with van der Waals surface area (Å²) in [4.78, 5) is 12.7. The number of esters is 1. The fourth-order valence-electron chi connectivity index (χ4n) is 10.8. The molecule has 0 spiro atoms. The van der Waals surface area contributed by atoms with E-state index in [-0.39, 0.29) is 12.1 Å². The van der Waals surface area contributed by atoms with Crippen molar-refractivity contribution in [1.29, 1.82) is 0 Å². The first-order valence-corrected chi connectivity index (χ1v) is 17.1. The second kappa shape index (κ2) is 12.0. The molecule has 5 aliphatic rings. The Labute approximate surface area is 235 Å². The molecule has 4 saturated carbocycles. The van der Waals surface area contributed by atoms with Crippen LogP contribution in [0.25, 0.3) is 0 Å². The Morgan fingerprint density at radius 2 is 1.74 bits per heavy atom. The molecule has 2 heteroatoms. The average molecular weight is 525 g/mol. The molecule has 0 radical (unpaired) electrons. The summed E-state index contributed by atoms with van der Waals surface area (Å²) in [6.45, 7) is 12.6. The summed E-state index contributed by atoms with van der Waals surface area (Å²) in [6, 6.07) is 0. The van der Waals surface area contributed by atoms with Gasteiger partial charge in [0.05, 0.1) is 0 Å². The molecule has 0 heterocycles. The maximum Gasteiger partial charge on any atom is 0.306 e. The van der Waals surface area contributed by atoms with Gasteiger partial charge in [-0.15, -0.1) is 0 Å². The number of carbonyl (C=O) groups is 1. The van der Waals surface area contributed by atoms with Gasteiger partial charge in [-0.05, 0) is 104 Å². The molecule has 0 amide bonds. The van der Waals surface area contributed by atoms with E-state index < -0.39 is 0 Å². The predicted molar refractivity (Wildman–Crippen MR) is 159 cm³/mol. The topological polar surface area (TPSA) is 26.3 Å². The second-order valence-electron chi connectivity index (χ2n) is 15.7. The van der Waals surface area contributed by atoms with E-state index in [4.69, 9.17) is 4.74 Å². The Morgan fingerprint density at radius 1 is 0.947 bits per heavy atom. The smallest absolute Gasteiger partial charge is 0.306 e. The second-order valence-corrected chi connectivity index (χ2v) is 15.7. The summed E-state index contributed by atoms with van der Waals surface area (Å²) in [5.74, 6) is 6.14. The van der Waals surface area contributed by atoms with Gasteiger partial charge in [-0.1, -0.05) is 97.6 Å². The number of hydrogen-bond donors (Lipinski definition) is 0. The Bertz CT molecular complexity index is 836. The van der Waals surface area contributed by atoms with E-state index in [0.717, 1.165) is 60.7 Å². The van der Waals surface area contributed by atoms with Crippen molar-refractivity contribution in [3.05, 3.63) is 11.6 Å². The number of fused-ring (bicyclic) bond motifs is 5. The zero-order valence-electron chi connectivity index (χ0n) is 25.7. The molecule has 0 aromatic carbocycles. The van der Waals surface area contributed by atoms with Crippen molar-refractivity contribution in [2.45, 2.75) is 156 Å². The molecule has 216 valence electrons. The van der Waals surface area contributed by atoms with Crippen LogP contribution in [0.3, 0.4) is 0 Å². The lowest BCUT2D eigenvalue weighted by molar-refractivity contribution is -0.152. The van der Waals surface area contributed by atoms with Gasteiger partial charge < -0.3 is 4.74 Å². The summed E-state index contributed by atoms with van der Waals surface area (Å²) in [6.07, 6.45) is 25.8. The quantitative estimate of drug-likeness (QED) is 0.221. The first kappa shape index (κ1) is 28.7. The highest BCUT2D eigenvalue weighted by molar-refractivity contribution is 5.69. The van der Waals surface area contributed by atoms with Crippen molar-refractivity contribution in [3.63, 3.8) is 0 Å². The molecular weight excluding hydrogens is 464 g/mol. The Morgan fingerprint density at radius 3 is 2.50 bits per heavy atom. The number of allylic oxidation sites excluding steroid dienone is 1. The zero-order chi connectivity index (χ0) is 26.9. The SMILES string of the molecule is CC(C)CCC[C@@H](C)[C@H]1CC[C@H]2[C@@H]3CC=C4C[C@H](OC(=O)CCC5CCCCC5)CC[C@]4(C)[C@H]3CC[C@]12C. The summed E-state index contributed by atoms with van der Waals surface area (Å²) < 4.78 is 6.11. The molecule has 0 aromatic rings. The molecule has 4 fully saturated rings. The van der Waals surface area contributed by atoms with Crippen molar-refractivity contribution in [1.82, 2.24) is 0 Å². The molecule has 0 saturated heterocycles. The van der Waals surface area contributed by atoms with Crippen molar-refractivity contribution in [2.75, 3.05) is 0 Å². The van der Waals surface area contributed by atoms with Gasteiger partial charge in [-0.25, -0.2) is 0 Å². The predicted octanol–water partition coefficient (Wildman–Crippen LogP) is 10.3. The fraction of sp³-hybridized carbons (Fsp3) is 0.917. The van der Waals surface area contributed by atoms with Crippen LogP contribution in [0.2, 0.25) is 0 Å². The highest BCUT2D eigenvalue weighted by atomic mass is 16.5. The van der Waals surface area contributed by atoms with E-state index in [1.807, 2.05) is 0 Å². The van der Waals surface area contributed by atoms with Crippen molar-refractivity contribution in [3.8, 4) is 0 Å². The normalized spacial score (nSPS) is 40.2. The highest BCUT2D eigenvalue weighted by Crippen LogP contribution is 2.67. The van der Waals surface area contributed by atoms with E-state index in [9.17, 15) is 4.79 Å². The van der Waals surface area contributed by atoms with Gasteiger partial charge >= 0.3 is 5.97 Å². The van der Waals surface area contributed by atoms with Crippen LogP contribution in [0.15, 0.2) is 11.6 Å². The lowest BCUT2D eigenvalue weighted by Gasteiger charge is -2.58. The average Bonchev–Trinajstić information content (AvgIpc) is 3.25. The lowest BCUT2D eigenvalue weighted by Crippen LogP contribution is -2.51. The van der Waals surface area contributed by atoms with Crippen LogP contribution in [0, 0.1) is 52.3 Å². The number of rotatable bonds is 9. The highest BCUT2D eigenvalue weighted by Gasteiger charge is 2.59. The maximum atomic E-state index is 12.7. The van der Waals surface area contributed by atoms with E-state index in [1.54, 1.807) is 5.57 Å². The summed E-state index contributed by atoms with van der Waals surface area (Å²) in [7, 11) is 0. The standard InChI is InChI=1S/C36H60O2/c1-25(2)10-9-11-26(3)31-17-18-32-30-16-15-28-24-29(38-34(37)19-14-27-12-7-6-8-13-27)20-22-35(28,4)33(30)21-23-36(31,32)5/h15,25-27,29-33H,6-14,16-24H2,1-5H3/t26-,29-,30+,31-,32+,33+,35+,36-/m1/s1. The van der Waals surface area contributed by atoms with Crippen LogP contribution in [-0.2, 0) is 9.53 Å². The fourth-order valence-corrected chi connectivity index (χ4v) is 10.8. The first-order chi connectivity index (χ1) is 18.2. The van der Waals surface area contributed by atoms with E-state index in [2.05, 4.69) is 40.7 Å². The minimum Gasteiger partial charge on any atom is -0.462 e. The molecule has 5 aliphatic carbocycles. The van der Waals surface area contributed by atoms with E-state index >= 15 is 0 Å². The lowest BCUT2D eigenvalue weighted by atomic mass is 9.47. The molecule has 0 bridgehead atoms. The van der Waals surface area contributed by atoms with Crippen LogP contribution < -0.4 is 0 Å². The summed E-state index contributed by atoms with van der Waals surface area (Å²) in [5.41, 5.74) is 2.55. The van der Waals surface area contributed by atoms with Gasteiger partial charge in [0, 0.05) is 12.8 Å². The van der Waals surface area contributed by atoms with Gasteiger partial charge in [-0.2, -0.15) is 0 Å². The Kier molecular flexibility index (Phi) is 9.06. The van der Waals surface area contributed by atoms with Gasteiger partial charge in [0.25, 0.3) is 0 Å². The molecule has 0 unspecified atom stereocenters. The third-order valence-electron chi connectivity index (χ3n) is 13.0. The molecule has 0 aromatic heterocycles. The molecule has 8 atom stereocenters. The molecular formula is C36H60O2. The van der Waals surface area contributed by atoms with Gasteiger partial charge in [0.2, 0.25) is 0 Å². The van der Waals surface area contributed by atoms with Gasteiger partial charge in [0.1, 0.15) is 6.10 Å². The van der Waals surface area contributed by atoms with Gasteiger partial charge in [-0.3, -0.25) is 4.79 Å². The zero-order valence-corrected chi connectivity index (χ0v) is 25.7. The Balaban J connectivity index is 1.17. The first-order valence-electron chi connectivity index (χ1n) is 17.1. The van der Waals surface area contributed by atoms with Crippen LogP contribution in [0.5, 0.6) is 0 Å². The Hall–Kier alpha value is -0.790. The van der Waals surface area contributed by atoms with Crippen LogP contribution in [0.4, 0.5) is 0 Å². The maximum absolute atomic E-state index is 12.7. The molecule has 2 nitrogen and oxygen atoms in total. The summed E-state index contributed by atoms with van der Waals surface area (Å²) >= 11 is 0. The largest absolute Gasteiger partial charge is 0.462 e. The molecule has 0 N–H and O–H groups in total. The third kappa shape index (κ3) is 5.81. The third-order valence-corrected chi connectivity index (χ3v) is 13.0. The van der Waals surface area contributed by atoms with Crippen LogP contribution >= 0.6 is 0 Å². The van der Waals surface area contributed by atoms with Crippen molar-refractivity contribution >= 4 is 5.97 Å². The molecule has 0 aliphatic heterocycles. The molecule has 38 heavy (non-hydrogen) atoms.